The number of fused-ring (bicyclic) bond motifs is 1. The summed E-state index contributed by atoms with van der Waals surface area (Å²) in [5.41, 5.74) is 3.06. The number of aromatic nitrogens is 2. The summed E-state index contributed by atoms with van der Waals surface area (Å²) in [4.78, 5) is 34.1. The first-order chi connectivity index (χ1) is 16.1. The number of hydrogen-bond donors (Lipinski definition) is 0. The Labute approximate surface area is 200 Å². The number of carbonyl (C=O) groups is 2. The van der Waals surface area contributed by atoms with Crippen molar-refractivity contribution in [1.82, 2.24) is 15.0 Å². The molecule has 4 rings (SSSR count). The molecule has 0 radical (unpaired) electrons. The van der Waals surface area contributed by atoms with Crippen molar-refractivity contribution in [1.29, 1.82) is 0 Å². The van der Waals surface area contributed by atoms with E-state index in [1.165, 1.54) is 24.0 Å². The highest BCUT2D eigenvalue weighted by Crippen LogP contribution is 2.33. The van der Waals surface area contributed by atoms with Crippen molar-refractivity contribution < 1.29 is 23.2 Å². The lowest BCUT2D eigenvalue weighted by Crippen LogP contribution is -2.37. The molecule has 0 aliphatic carbocycles. The third kappa shape index (κ3) is 4.70. The summed E-state index contributed by atoms with van der Waals surface area (Å²) in [5, 5.41) is 4.40. The second kappa shape index (κ2) is 9.34. The van der Waals surface area contributed by atoms with Crippen LogP contribution in [0.5, 0.6) is 0 Å². The van der Waals surface area contributed by atoms with Gasteiger partial charge in [0.1, 0.15) is 5.82 Å². The summed E-state index contributed by atoms with van der Waals surface area (Å²) in [5.74, 6) is -1.46. The fourth-order valence-corrected chi connectivity index (χ4v) is 4.78. The Morgan fingerprint density at radius 3 is 2.65 bits per heavy atom. The molecule has 1 amide bonds. The lowest BCUT2D eigenvalue weighted by atomic mass is 10.1. The summed E-state index contributed by atoms with van der Waals surface area (Å²) < 4.78 is 24.3. The van der Waals surface area contributed by atoms with Gasteiger partial charge in [-0.15, -0.1) is 11.3 Å². The van der Waals surface area contributed by atoms with Gasteiger partial charge in [-0.3, -0.25) is 4.79 Å². The average Bonchev–Trinajstić information content (AvgIpc) is 3.33. The normalized spacial score (nSPS) is 12.1. The summed E-state index contributed by atoms with van der Waals surface area (Å²) in [7, 11) is 1.58. The van der Waals surface area contributed by atoms with Crippen LogP contribution >= 0.6 is 11.3 Å². The van der Waals surface area contributed by atoms with Crippen LogP contribution in [0.15, 0.2) is 40.9 Å². The van der Waals surface area contributed by atoms with Gasteiger partial charge in [-0.2, -0.15) is 0 Å². The molecule has 0 N–H and O–H groups in total. The van der Waals surface area contributed by atoms with Crippen LogP contribution in [0.25, 0.3) is 22.4 Å². The van der Waals surface area contributed by atoms with Gasteiger partial charge < -0.3 is 14.2 Å². The molecule has 1 atom stereocenters. The van der Waals surface area contributed by atoms with Crippen LogP contribution in [0.3, 0.4) is 0 Å². The number of amides is 1. The van der Waals surface area contributed by atoms with Gasteiger partial charge in [-0.1, -0.05) is 17.3 Å². The molecular formula is C25H24FN3O4S. The van der Waals surface area contributed by atoms with Crippen molar-refractivity contribution >= 4 is 34.3 Å². The largest absolute Gasteiger partial charge is 0.449 e. The second-order valence-corrected chi connectivity index (χ2v) is 9.66. The first kappa shape index (κ1) is 23.6. The van der Waals surface area contributed by atoms with Crippen molar-refractivity contribution in [2.45, 2.75) is 40.3 Å². The molecule has 0 spiro atoms. The van der Waals surface area contributed by atoms with Gasteiger partial charge in [0.05, 0.1) is 22.3 Å². The van der Waals surface area contributed by atoms with E-state index in [1.807, 2.05) is 19.9 Å². The van der Waals surface area contributed by atoms with E-state index in [4.69, 9.17) is 9.26 Å². The molecule has 0 aliphatic rings. The van der Waals surface area contributed by atoms with E-state index in [0.29, 0.717) is 22.3 Å². The monoisotopic (exact) mass is 481 g/mol. The molecule has 3 heterocycles. The average molecular weight is 482 g/mol. The van der Waals surface area contributed by atoms with Crippen LogP contribution in [-0.4, -0.2) is 40.1 Å². The topological polar surface area (TPSA) is 85.5 Å². The maximum absolute atomic E-state index is 13.5. The lowest BCUT2D eigenvalue weighted by Gasteiger charge is -2.21. The molecule has 4 aromatic rings. The molecule has 176 valence electrons. The minimum Gasteiger partial charge on any atom is -0.449 e. The van der Waals surface area contributed by atoms with Gasteiger partial charge in [0, 0.05) is 28.9 Å². The van der Waals surface area contributed by atoms with Gasteiger partial charge in [0.15, 0.2) is 6.10 Å². The van der Waals surface area contributed by atoms with Crippen LogP contribution in [0.4, 0.5) is 4.39 Å². The summed E-state index contributed by atoms with van der Waals surface area (Å²) >= 11 is 1.63. The Balaban J connectivity index is 1.59. The zero-order valence-electron chi connectivity index (χ0n) is 19.5. The second-order valence-electron chi connectivity index (χ2n) is 8.20. The maximum Gasteiger partial charge on any atom is 0.339 e. The van der Waals surface area contributed by atoms with Crippen molar-refractivity contribution in [3.8, 4) is 11.3 Å². The van der Waals surface area contributed by atoms with Crippen molar-refractivity contribution in [3.63, 3.8) is 0 Å². The minimum absolute atomic E-state index is 0.184. The Bertz CT molecular complexity index is 1390. The smallest absolute Gasteiger partial charge is 0.339 e. The maximum atomic E-state index is 13.5. The van der Waals surface area contributed by atoms with Gasteiger partial charge in [-0.05, 0) is 57.5 Å². The van der Waals surface area contributed by atoms with E-state index in [2.05, 4.69) is 10.1 Å². The van der Waals surface area contributed by atoms with Gasteiger partial charge in [-0.25, -0.2) is 14.2 Å². The summed E-state index contributed by atoms with van der Waals surface area (Å²) in [6.07, 6.45) is -1.05. The van der Waals surface area contributed by atoms with E-state index < -0.39 is 18.0 Å². The molecule has 1 aromatic carbocycles. The van der Waals surface area contributed by atoms with Crippen molar-refractivity contribution in [2.24, 2.45) is 0 Å². The van der Waals surface area contributed by atoms with Crippen molar-refractivity contribution in [3.05, 3.63) is 68.8 Å². The first-order valence-electron chi connectivity index (χ1n) is 10.7. The fourth-order valence-electron chi connectivity index (χ4n) is 3.85. The number of aryl methyl sites for hydroxylation is 3. The number of benzene rings is 1. The molecule has 34 heavy (non-hydrogen) atoms. The predicted octanol–water partition coefficient (Wildman–Crippen LogP) is 5.22. The zero-order valence-corrected chi connectivity index (χ0v) is 20.3. The highest BCUT2D eigenvalue weighted by molar-refractivity contribution is 7.12. The quantitative estimate of drug-likeness (QED) is 0.351. The number of ether oxygens (including phenoxy) is 1. The molecule has 0 aliphatic heterocycles. The Morgan fingerprint density at radius 1 is 1.21 bits per heavy atom. The van der Waals surface area contributed by atoms with E-state index in [9.17, 15) is 14.0 Å². The number of halogens is 1. The number of pyridine rings is 1. The standard InChI is InChI=1S/C25H24FN3O4S/c1-13-9-19(16(4)34-13)21-11-20(22-14(2)28-33-23(22)27-21)25(31)32-15(3)24(30)29(5)12-17-7-6-8-18(26)10-17/h6-11,15H,12H2,1-5H3/t15-/m0/s1. The van der Waals surface area contributed by atoms with Crippen LogP contribution < -0.4 is 0 Å². The zero-order chi connectivity index (χ0) is 24.6. The molecular weight excluding hydrogens is 457 g/mol. The third-order valence-corrected chi connectivity index (χ3v) is 6.44. The molecule has 7 nitrogen and oxygen atoms in total. The highest BCUT2D eigenvalue weighted by Gasteiger charge is 2.26. The van der Waals surface area contributed by atoms with Crippen LogP contribution in [0.2, 0.25) is 0 Å². The molecule has 3 aromatic heterocycles. The van der Waals surface area contributed by atoms with Crippen molar-refractivity contribution in [2.75, 3.05) is 7.05 Å². The number of rotatable bonds is 6. The Kier molecular flexibility index (Phi) is 6.47. The molecule has 0 saturated heterocycles. The molecule has 0 fully saturated rings. The summed E-state index contributed by atoms with van der Waals surface area (Å²) in [6.45, 7) is 7.39. The summed E-state index contributed by atoms with van der Waals surface area (Å²) in [6, 6.07) is 9.65. The number of thiophene rings is 1. The first-order valence-corrected chi connectivity index (χ1v) is 11.5. The number of likely N-dealkylation sites (N-methyl/N-ethyl adjacent to an activating group) is 1. The number of carbonyl (C=O) groups excluding carboxylic acids is 2. The van der Waals surface area contributed by atoms with E-state index >= 15 is 0 Å². The number of hydrogen-bond acceptors (Lipinski definition) is 7. The van der Waals surface area contributed by atoms with Crippen LogP contribution in [0, 0.1) is 26.6 Å². The highest BCUT2D eigenvalue weighted by atomic mass is 32.1. The Hall–Kier alpha value is -3.59. The van der Waals surface area contributed by atoms with Gasteiger partial charge >= 0.3 is 5.97 Å². The van der Waals surface area contributed by atoms with E-state index in [-0.39, 0.29) is 23.6 Å². The molecule has 0 bridgehead atoms. The fraction of sp³-hybridized carbons (Fsp3) is 0.280. The van der Waals surface area contributed by atoms with Gasteiger partial charge in [0.2, 0.25) is 0 Å². The number of esters is 1. The minimum atomic E-state index is -1.05. The third-order valence-electron chi connectivity index (χ3n) is 5.47. The van der Waals surface area contributed by atoms with E-state index in [0.717, 1.165) is 15.3 Å². The molecule has 0 saturated carbocycles. The SMILES string of the molecule is Cc1cc(-c2cc(C(=O)O[C@@H](C)C(=O)N(C)Cc3cccc(F)c3)c3c(C)noc3n2)c(C)s1. The Morgan fingerprint density at radius 2 is 1.97 bits per heavy atom. The predicted molar refractivity (Wildman–Crippen MR) is 127 cm³/mol. The van der Waals surface area contributed by atoms with Crippen LogP contribution in [0.1, 0.15) is 38.3 Å². The molecule has 9 heteroatoms. The molecule has 0 unspecified atom stereocenters. The van der Waals surface area contributed by atoms with E-state index in [1.54, 1.807) is 43.5 Å². The van der Waals surface area contributed by atoms with Gasteiger partial charge in [0.25, 0.3) is 11.6 Å². The number of nitrogens with zero attached hydrogens (tertiary/aromatic N) is 3. The lowest BCUT2D eigenvalue weighted by molar-refractivity contribution is -0.139. The van der Waals surface area contributed by atoms with Crippen LogP contribution in [-0.2, 0) is 16.1 Å².